The van der Waals surface area contributed by atoms with Crippen molar-refractivity contribution in [3.8, 4) is 0 Å². The Morgan fingerprint density at radius 2 is 2.29 bits per heavy atom. The first-order valence-corrected chi connectivity index (χ1v) is 2.57. The van der Waals surface area contributed by atoms with Crippen LogP contribution in [0.25, 0.3) is 0 Å². The van der Waals surface area contributed by atoms with Gasteiger partial charge in [0.25, 0.3) is 0 Å². The largest absolute Gasteiger partial charge is 0.0848 e. The monoisotopic (exact) mass is 95.1 g/mol. The Balaban J connectivity index is 3.09. The van der Waals surface area contributed by atoms with Crippen molar-refractivity contribution in [2.45, 2.75) is 20.3 Å². The SMILES string of the molecule is C/[C]=C\C=C\CC. The van der Waals surface area contributed by atoms with Gasteiger partial charge in [-0.2, -0.15) is 0 Å². The van der Waals surface area contributed by atoms with Crippen LogP contribution >= 0.6 is 0 Å². The van der Waals surface area contributed by atoms with E-state index in [9.17, 15) is 0 Å². The summed E-state index contributed by atoms with van der Waals surface area (Å²) < 4.78 is 0. The average molecular weight is 95.2 g/mol. The van der Waals surface area contributed by atoms with Gasteiger partial charge in [0.15, 0.2) is 0 Å². The molecule has 0 N–H and O–H groups in total. The van der Waals surface area contributed by atoms with Gasteiger partial charge in [0.05, 0.1) is 0 Å². The Morgan fingerprint density at radius 1 is 1.57 bits per heavy atom. The first-order chi connectivity index (χ1) is 3.41. The summed E-state index contributed by atoms with van der Waals surface area (Å²) in [6, 6.07) is 0. The molecule has 0 spiro atoms. The van der Waals surface area contributed by atoms with E-state index in [1.807, 2.05) is 19.1 Å². The van der Waals surface area contributed by atoms with E-state index in [1.54, 1.807) is 0 Å². The molecule has 0 saturated heterocycles. The molecule has 0 nitrogen and oxygen atoms in total. The van der Waals surface area contributed by atoms with E-state index in [2.05, 4.69) is 19.1 Å². The van der Waals surface area contributed by atoms with Crippen LogP contribution in [0.2, 0.25) is 0 Å². The van der Waals surface area contributed by atoms with E-state index >= 15 is 0 Å². The third-order valence-electron chi connectivity index (χ3n) is 0.635. The lowest BCUT2D eigenvalue weighted by molar-refractivity contribution is 1.22. The molecule has 0 saturated carbocycles. The molecule has 39 valence electrons. The highest BCUT2D eigenvalue weighted by molar-refractivity contribution is 4.97. The second-order valence-electron chi connectivity index (χ2n) is 1.29. The van der Waals surface area contributed by atoms with Crippen LogP contribution in [0.5, 0.6) is 0 Å². The highest BCUT2D eigenvalue weighted by Gasteiger charge is 1.58. The molecule has 0 amide bonds. The minimum atomic E-state index is 1.11. The second-order valence-corrected chi connectivity index (χ2v) is 1.29. The number of hydrogen-bond acceptors (Lipinski definition) is 0. The smallest absolute Gasteiger partial charge is 0.0376 e. The normalized spacial score (nSPS) is 11.7. The summed E-state index contributed by atoms with van der Waals surface area (Å²) in [6.45, 7) is 4.00. The molecular formula is C7H11. The molecule has 1 radical (unpaired) electrons. The van der Waals surface area contributed by atoms with Crippen molar-refractivity contribution in [3.05, 3.63) is 24.3 Å². The molecule has 0 rings (SSSR count). The van der Waals surface area contributed by atoms with E-state index in [-0.39, 0.29) is 0 Å². The lowest BCUT2D eigenvalue weighted by Gasteiger charge is -1.69. The lowest BCUT2D eigenvalue weighted by atomic mass is 10.4. The van der Waals surface area contributed by atoms with E-state index in [0.717, 1.165) is 6.42 Å². The molecule has 7 heavy (non-hydrogen) atoms. The highest BCUT2D eigenvalue weighted by atomic mass is 13.6. The Labute approximate surface area is 45.5 Å². The third kappa shape index (κ3) is 5.48. The average Bonchev–Trinajstić information content (AvgIpc) is 1.69. The van der Waals surface area contributed by atoms with Crippen molar-refractivity contribution in [1.29, 1.82) is 0 Å². The Morgan fingerprint density at radius 3 is 2.71 bits per heavy atom. The zero-order chi connectivity index (χ0) is 5.54. The summed E-state index contributed by atoms with van der Waals surface area (Å²) in [4.78, 5) is 0. The maximum Gasteiger partial charge on any atom is -0.0376 e. The van der Waals surface area contributed by atoms with Gasteiger partial charge in [-0.25, -0.2) is 0 Å². The van der Waals surface area contributed by atoms with E-state index in [1.165, 1.54) is 0 Å². The maximum atomic E-state index is 2.89. The zero-order valence-corrected chi connectivity index (χ0v) is 4.94. The quantitative estimate of drug-likeness (QED) is 0.462. The molecule has 0 aliphatic carbocycles. The number of rotatable bonds is 2. The summed E-state index contributed by atoms with van der Waals surface area (Å²) in [5.41, 5.74) is 0. The lowest BCUT2D eigenvalue weighted by Crippen LogP contribution is -1.49. The molecule has 0 bridgehead atoms. The van der Waals surface area contributed by atoms with Crippen LogP contribution < -0.4 is 0 Å². The standard InChI is InChI=1S/C7H11/c1-3-5-7-6-4-2/h5-7H,3H2,1-2H3/b6-4?,7-5+. The van der Waals surface area contributed by atoms with E-state index in [4.69, 9.17) is 0 Å². The van der Waals surface area contributed by atoms with Crippen molar-refractivity contribution in [2.24, 2.45) is 0 Å². The fourth-order valence-electron chi connectivity index (χ4n) is 0.300. The fourth-order valence-corrected chi connectivity index (χ4v) is 0.300. The Kier molecular flexibility index (Phi) is 5.07. The number of hydrogen-bond donors (Lipinski definition) is 0. The minimum Gasteiger partial charge on any atom is -0.0848 e. The molecule has 0 fully saturated rings. The summed E-state index contributed by atoms with van der Waals surface area (Å²) in [5, 5.41) is 0. The minimum absolute atomic E-state index is 1.11. The highest BCUT2D eigenvalue weighted by Crippen LogP contribution is 1.78. The van der Waals surface area contributed by atoms with Crippen LogP contribution in [0, 0.1) is 6.08 Å². The molecular weight excluding hydrogens is 84.1 g/mol. The molecule has 0 heterocycles. The summed E-state index contributed by atoms with van der Waals surface area (Å²) >= 11 is 0. The molecule has 0 heteroatoms. The van der Waals surface area contributed by atoms with Gasteiger partial charge >= 0.3 is 0 Å². The molecule has 0 aromatic heterocycles. The van der Waals surface area contributed by atoms with Crippen molar-refractivity contribution >= 4 is 0 Å². The van der Waals surface area contributed by atoms with Crippen LogP contribution in [0.1, 0.15) is 20.3 Å². The molecule has 0 aromatic carbocycles. The predicted molar refractivity (Wildman–Crippen MR) is 32.9 cm³/mol. The molecule has 0 aliphatic rings. The van der Waals surface area contributed by atoms with Crippen molar-refractivity contribution in [2.75, 3.05) is 0 Å². The van der Waals surface area contributed by atoms with E-state index < -0.39 is 0 Å². The predicted octanol–water partition coefficient (Wildman–Crippen LogP) is 2.33. The number of allylic oxidation sites excluding steroid dienone is 4. The van der Waals surface area contributed by atoms with Gasteiger partial charge < -0.3 is 0 Å². The molecule has 0 aromatic rings. The van der Waals surface area contributed by atoms with Crippen molar-refractivity contribution < 1.29 is 0 Å². The third-order valence-corrected chi connectivity index (χ3v) is 0.635. The van der Waals surface area contributed by atoms with Gasteiger partial charge in [0.1, 0.15) is 0 Å². The van der Waals surface area contributed by atoms with Crippen molar-refractivity contribution in [1.82, 2.24) is 0 Å². The topological polar surface area (TPSA) is 0 Å². The molecule has 0 aliphatic heterocycles. The van der Waals surface area contributed by atoms with Crippen LogP contribution in [0.3, 0.4) is 0 Å². The van der Waals surface area contributed by atoms with Gasteiger partial charge in [-0.3, -0.25) is 0 Å². The Hall–Kier alpha value is -0.520. The summed E-state index contributed by atoms with van der Waals surface area (Å²) in [5.74, 6) is 0. The maximum absolute atomic E-state index is 2.89. The van der Waals surface area contributed by atoms with Gasteiger partial charge in [0, 0.05) is 0 Å². The first-order valence-electron chi connectivity index (χ1n) is 2.57. The fraction of sp³-hybridized carbons (Fsp3) is 0.429. The van der Waals surface area contributed by atoms with Gasteiger partial charge in [-0.05, 0) is 19.4 Å². The van der Waals surface area contributed by atoms with Crippen molar-refractivity contribution in [3.63, 3.8) is 0 Å². The molecule has 0 unspecified atom stereocenters. The van der Waals surface area contributed by atoms with Crippen LogP contribution in [-0.2, 0) is 0 Å². The summed E-state index contributed by atoms with van der Waals surface area (Å²) in [7, 11) is 0. The zero-order valence-electron chi connectivity index (χ0n) is 4.94. The summed E-state index contributed by atoms with van der Waals surface area (Å²) in [6.07, 6.45) is 10.0. The van der Waals surface area contributed by atoms with Gasteiger partial charge in [-0.1, -0.05) is 25.2 Å². The van der Waals surface area contributed by atoms with Gasteiger partial charge in [0.2, 0.25) is 0 Å². The van der Waals surface area contributed by atoms with Crippen LogP contribution in [-0.4, -0.2) is 0 Å². The first kappa shape index (κ1) is 6.48. The van der Waals surface area contributed by atoms with Crippen LogP contribution in [0.4, 0.5) is 0 Å². The Bertz CT molecular complexity index is 68.1. The van der Waals surface area contributed by atoms with E-state index in [0.29, 0.717) is 0 Å². The van der Waals surface area contributed by atoms with Gasteiger partial charge in [-0.15, -0.1) is 0 Å². The second kappa shape index (κ2) is 5.48. The van der Waals surface area contributed by atoms with Crippen LogP contribution in [0.15, 0.2) is 18.2 Å². The molecule has 0 atom stereocenters.